The smallest absolute Gasteiger partial charge is 0.273 e. The summed E-state index contributed by atoms with van der Waals surface area (Å²) in [5.41, 5.74) is 10.4. The molecule has 0 bridgehead atoms. The van der Waals surface area contributed by atoms with Crippen molar-refractivity contribution in [2.45, 2.75) is 79.7 Å². The molecule has 0 saturated heterocycles. The Hall–Kier alpha value is -13.2. The van der Waals surface area contributed by atoms with E-state index in [1.807, 2.05) is 92.2 Å². The molecule has 9 aromatic heterocycles. The number of nitrogens with zero attached hydrogens (tertiary/aromatic N) is 19. The van der Waals surface area contributed by atoms with Crippen LogP contribution in [0.1, 0.15) is 66.4 Å². The molecule has 7 aromatic carbocycles. The number of ketones is 1. The Balaban J connectivity index is 0.000000138. The highest BCUT2D eigenvalue weighted by molar-refractivity contribution is 6.40. The summed E-state index contributed by atoms with van der Waals surface area (Å²) in [6.07, 6.45) is 12.1. The predicted octanol–water partition coefficient (Wildman–Crippen LogP) is 20.9. The largest absolute Gasteiger partial charge is 0.388 e. The minimum atomic E-state index is -1.13. The Morgan fingerprint density at radius 2 is 0.773 bits per heavy atom. The van der Waals surface area contributed by atoms with Gasteiger partial charge in [-0.1, -0.05) is 87.8 Å². The Bertz CT molecular complexity index is 6350. The third-order valence-corrected chi connectivity index (χ3v) is 20.7. The van der Waals surface area contributed by atoms with Gasteiger partial charge in [0, 0.05) is 206 Å². The van der Waals surface area contributed by atoms with Crippen LogP contribution in [0.4, 0.5) is 17.1 Å². The highest BCUT2D eigenvalue weighted by atomic mass is 35.5. The first-order valence-corrected chi connectivity index (χ1v) is 39.2. The second kappa shape index (κ2) is 37.8. The maximum atomic E-state index is 13.0. The Morgan fingerprint density at radius 1 is 0.420 bits per heavy atom. The molecule has 0 aliphatic heterocycles. The van der Waals surface area contributed by atoms with Gasteiger partial charge in [-0.15, -0.1) is 0 Å². The number of nitrogens with one attached hydrogen (secondary N) is 1. The number of aromatic nitrogens is 17. The number of hydrogen-bond donors (Lipinski definition) is 2. The standard InChI is InChI=1S/C23H19Cl2N5O3.C23H17Cl2N5O3.C23H17Cl2N5.C16H15N5O2/c2*1-2-29-23(27-22(28-29)15-5-4-10-26-13-15)14-8-9-19(30(32)33)16(11-14)12-20(31)21-17(24)6-3-7-18(21)25;1-2-30-23(28-22(29-30)15-5-4-10-26-13-15)14-8-9-19-16(11-14)12-20(27-19)21-17(24)6-3-7-18(21)25;1-3-20-16(12-6-7-14(21(22)23)11(2)9-12)18-15(19-20)13-5-4-8-17-10-13/h3-11,13,20,31H,2,12H2,1H3;3-11,13H,2,12H2,1H3;3-13,27H,2H2,1H3;4-10H,3H2,1-2H3. The highest BCUT2D eigenvalue weighted by Gasteiger charge is 2.27. The first-order valence-electron chi connectivity index (χ1n) is 36.9. The number of halogens is 6. The average molecular weight is 1710 g/mol. The summed E-state index contributed by atoms with van der Waals surface area (Å²) in [7, 11) is 0. The van der Waals surface area contributed by atoms with E-state index in [4.69, 9.17) is 74.6 Å². The molecule has 28 nitrogen and oxygen atoms in total. The van der Waals surface area contributed by atoms with E-state index in [-0.39, 0.29) is 56.0 Å². The van der Waals surface area contributed by atoms with Crippen molar-refractivity contribution < 1.29 is 24.7 Å². The van der Waals surface area contributed by atoms with Crippen molar-refractivity contribution in [3.05, 3.63) is 320 Å². The zero-order chi connectivity index (χ0) is 84.1. The lowest BCUT2D eigenvalue weighted by Crippen LogP contribution is -2.08. The molecule has 119 heavy (non-hydrogen) atoms. The number of aliphatic hydroxyl groups is 1. The van der Waals surface area contributed by atoms with E-state index in [0.717, 1.165) is 61.4 Å². The molecule has 16 rings (SSSR count). The summed E-state index contributed by atoms with van der Waals surface area (Å²) in [5, 5.41) is 66.5. The average Bonchev–Trinajstić information content (AvgIpc) is 1.37. The molecule has 0 fully saturated rings. The summed E-state index contributed by atoms with van der Waals surface area (Å²) >= 11 is 37.5. The number of Topliss-reactive ketones (excluding diaryl/α,β-unsaturated/α-hetero) is 1. The molecular weight excluding hydrogens is 1640 g/mol. The van der Waals surface area contributed by atoms with Crippen LogP contribution in [0.15, 0.2) is 232 Å². The van der Waals surface area contributed by atoms with Gasteiger partial charge < -0.3 is 10.1 Å². The normalized spacial score (nSPS) is 11.3. The number of H-pyrrole nitrogens is 1. The van der Waals surface area contributed by atoms with E-state index in [1.54, 1.807) is 155 Å². The topological polar surface area (TPSA) is 357 Å². The van der Waals surface area contributed by atoms with E-state index in [1.165, 1.54) is 18.2 Å². The van der Waals surface area contributed by atoms with E-state index in [2.05, 4.69) is 79.3 Å². The number of fused-ring (bicyclic) bond motifs is 1. The number of aromatic amines is 1. The van der Waals surface area contributed by atoms with Crippen molar-refractivity contribution in [3.63, 3.8) is 0 Å². The van der Waals surface area contributed by atoms with Crippen molar-refractivity contribution in [2.24, 2.45) is 0 Å². The van der Waals surface area contributed by atoms with Gasteiger partial charge in [0.25, 0.3) is 17.1 Å². The molecule has 1 atom stereocenters. The Kier molecular flexibility index (Phi) is 26.6. The minimum Gasteiger partial charge on any atom is -0.388 e. The van der Waals surface area contributed by atoms with Crippen LogP contribution in [-0.4, -0.2) is 110 Å². The monoisotopic (exact) mass is 1710 g/mol. The summed E-state index contributed by atoms with van der Waals surface area (Å²) in [6, 6.07) is 52.4. The van der Waals surface area contributed by atoms with Gasteiger partial charge in [0.15, 0.2) is 52.4 Å². The first-order chi connectivity index (χ1) is 57.5. The number of hydrogen-bond acceptors (Lipinski definition) is 20. The van der Waals surface area contributed by atoms with Crippen LogP contribution in [0.25, 0.3) is 113 Å². The van der Waals surface area contributed by atoms with Gasteiger partial charge in [0.1, 0.15) is 0 Å². The Labute approximate surface area is 709 Å². The predicted molar refractivity (Wildman–Crippen MR) is 459 cm³/mol. The fraction of sp³-hybridized carbons (Fsp3) is 0.141. The lowest BCUT2D eigenvalue weighted by atomic mass is 9.98. The third-order valence-electron chi connectivity index (χ3n) is 18.7. The van der Waals surface area contributed by atoms with Crippen molar-refractivity contribution in [1.82, 2.24) is 84.0 Å². The fourth-order valence-corrected chi connectivity index (χ4v) is 14.9. The van der Waals surface area contributed by atoms with Gasteiger partial charge in [-0.25, -0.2) is 38.7 Å². The molecule has 1 unspecified atom stereocenters. The molecule has 16 aromatic rings. The van der Waals surface area contributed by atoms with Gasteiger partial charge in [-0.3, -0.25) is 55.1 Å². The maximum Gasteiger partial charge on any atom is 0.273 e. The highest BCUT2D eigenvalue weighted by Crippen LogP contribution is 2.40. The van der Waals surface area contributed by atoms with Gasteiger partial charge in [0.05, 0.1) is 46.5 Å². The Morgan fingerprint density at radius 3 is 1.15 bits per heavy atom. The van der Waals surface area contributed by atoms with Crippen LogP contribution in [0.2, 0.25) is 30.1 Å². The molecule has 0 spiro atoms. The van der Waals surface area contributed by atoms with Crippen molar-refractivity contribution in [2.75, 3.05) is 0 Å². The third kappa shape index (κ3) is 19.1. The molecule has 0 amide bonds. The zero-order valence-electron chi connectivity index (χ0n) is 63.8. The van der Waals surface area contributed by atoms with Gasteiger partial charge in [-0.2, -0.15) is 20.4 Å². The second-order valence-corrected chi connectivity index (χ2v) is 28.8. The molecule has 598 valence electrons. The van der Waals surface area contributed by atoms with Crippen LogP contribution < -0.4 is 0 Å². The number of nitro groups is 3. The number of rotatable bonds is 22. The summed E-state index contributed by atoms with van der Waals surface area (Å²) in [5.74, 6) is 4.40. The van der Waals surface area contributed by atoms with Gasteiger partial charge in [0.2, 0.25) is 0 Å². The maximum absolute atomic E-state index is 13.0. The lowest BCUT2D eigenvalue weighted by Gasteiger charge is -2.15. The summed E-state index contributed by atoms with van der Waals surface area (Å²) in [6.45, 7) is 12.0. The molecule has 2 N–H and O–H groups in total. The first kappa shape index (κ1) is 83.7. The van der Waals surface area contributed by atoms with Crippen LogP contribution in [-0.2, 0) is 39.0 Å². The number of pyridine rings is 4. The van der Waals surface area contributed by atoms with E-state index < -0.39 is 21.7 Å². The summed E-state index contributed by atoms with van der Waals surface area (Å²) in [4.78, 5) is 84.3. The molecule has 0 saturated carbocycles. The number of aryl methyl sites for hydroxylation is 5. The van der Waals surface area contributed by atoms with Crippen molar-refractivity contribution in [1.29, 1.82) is 0 Å². The number of aliphatic hydroxyl groups excluding tert-OH is 1. The van der Waals surface area contributed by atoms with Crippen LogP contribution >= 0.6 is 69.6 Å². The fourth-order valence-electron chi connectivity index (χ4n) is 13.0. The van der Waals surface area contributed by atoms with E-state index in [9.17, 15) is 40.2 Å². The molecule has 9 heterocycles. The SMILES string of the molecule is CCn1nc(-c2cccnc2)nc1-c1ccc([N+](=O)[O-])c(C)c1.CCn1nc(-c2cccnc2)nc1-c1ccc([N+](=O)[O-])c(CC(=O)c2c(Cl)cccc2Cl)c1.CCn1nc(-c2cccnc2)nc1-c1ccc([N+](=O)[O-])c(CC(O)c2c(Cl)cccc2Cl)c1.CCn1nc(-c2cccnc2)nc1-c1ccc2[nH]c(-c3c(Cl)cccc3Cl)cc2c1. The lowest BCUT2D eigenvalue weighted by molar-refractivity contribution is -0.385. The van der Waals surface area contributed by atoms with E-state index in [0.29, 0.717) is 115 Å². The molecule has 0 aliphatic rings. The van der Waals surface area contributed by atoms with Gasteiger partial charge >= 0.3 is 0 Å². The van der Waals surface area contributed by atoms with Gasteiger partial charge in [-0.05, 0) is 180 Å². The van der Waals surface area contributed by atoms with Crippen molar-refractivity contribution >= 4 is 103 Å². The number of nitro benzene ring substituents is 3. The molecule has 0 radical (unpaired) electrons. The second-order valence-electron chi connectivity index (χ2n) is 26.4. The molecule has 0 aliphatic carbocycles. The number of carbonyl (C=O) groups is 1. The quantitative estimate of drug-likeness (QED) is 0.0361. The number of carbonyl (C=O) groups excluding carboxylic acids is 1. The zero-order valence-corrected chi connectivity index (χ0v) is 68.4. The number of benzene rings is 7. The van der Waals surface area contributed by atoms with Crippen LogP contribution in [0.3, 0.4) is 0 Å². The van der Waals surface area contributed by atoms with Crippen LogP contribution in [0.5, 0.6) is 0 Å². The summed E-state index contributed by atoms with van der Waals surface area (Å²) < 4.78 is 7.10. The van der Waals surface area contributed by atoms with Crippen molar-refractivity contribution in [3.8, 4) is 102 Å². The minimum absolute atomic E-state index is 0.0523. The van der Waals surface area contributed by atoms with E-state index >= 15 is 0 Å². The van der Waals surface area contributed by atoms with Crippen LogP contribution in [0, 0.1) is 37.3 Å². The molecular formula is C85H68Cl6N20O8. The molecule has 34 heteroatoms.